The molecule has 1 aromatic rings. The van der Waals surface area contributed by atoms with Crippen LogP contribution in [0.1, 0.15) is 31.0 Å². The first kappa shape index (κ1) is 14.2. The van der Waals surface area contributed by atoms with E-state index in [4.69, 9.17) is 5.73 Å². The lowest BCUT2D eigenvalue weighted by atomic mass is 10.1. The number of benzene rings is 1. The minimum atomic E-state index is -0.832. The third-order valence-electron chi connectivity index (χ3n) is 2.72. The van der Waals surface area contributed by atoms with Gasteiger partial charge in [-0.3, -0.25) is 10.1 Å². The average molecular weight is 249 g/mol. The summed E-state index contributed by atoms with van der Waals surface area (Å²) < 4.78 is 0. The smallest absolute Gasteiger partial charge is 0.318 e. The number of hydrogen-bond donors (Lipinski definition) is 3. The number of primary amides is 1. The van der Waals surface area contributed by atoms with Crippen LogP contribution in [0.3, 0.4) is 0 Å². The highest BCUT2D eigenvalue weighted by molar-refractivity contribution is 5.94. The van der Waals surface area contributed by atoms with Gasteiger partial charge in [0.2, 0.25) is 5.91 Å². The fraction of sp³-hybridized carbons (Fsp3) is 0.385. The summed E-state index contributed by atoms with van der Waals surface area (Å²) in [6.07, 6.45) is 1.00. The standard InChI is InChI=1S/C13H19N3O2/c1-3-10-4-6-11(7-5-10)9(2)15-8-12(17)16-13(14)18/h4-7,9,15H,3,8H2,1-2H3,(H3,14,16,17,18). The number of rotatable bonds is 5. The Morgan fingerprint density at radius 1 is 1.28 bits per heavy atom. The summed E-state index contributed by atoms with van der Waals surface area (Å²) in [7, 11) is 0. The molecule has 0 saturated heterocycles. The molecule has 0 aliphatic heterocycles. The van der Waals surface area contributed by atoms with Gasteiger partial charge in [0.1, 0.15) is 0 Å². The quantitative estimate of drug-likeness (QED) is 0.730. The van der Waals surface area contributed by atoms with Crippen LogP contribution in [0.2, 0.25) is 0 Å². The zero-order valence-corrected chi connectivity index (χ0v) is 10.7. The first-order chi connectivity index (χ1) is 8.52. The van der Waals surface area contributed by atoms with Crippen LogP contribution in [-0.2, 0) is 11.2 Å². The van der Waals surface area contributed by atoms with Crippen molar-refractivity contribution in [2.45, 2.75) is 26.3 Å². The molecule has 18 heavy (non-hydrogen) atoms. The number of urea groups is 1. The van der Waals surface area contributed by atoms with Gasteiger partial charge in [-0.05, 0) is 24.5 Å². The minimum Gasteiger partial charge on any atom is -0.351 e. The molecule has 0 saturated carbocycles. The van der Waals surface area contributed by atoms with Crippen LogP contribution >= 0.6 is 0 Å². The van der Waals surface area contributed by atoms with Crippen LogP contribution in [0.15, 0.2) is 24.3 Å². The zero-order valence-electron chi connectivity index (χ0n) is 10.7. The van der Waals surface area contributed by atoms with Crippen molar-refractivity contribution in [3.8, 4) is 0 Å². The van der Waals surface area contributed by atoms with E-state index < -0.39 is 11.9 Å². The van der Waals surface area contributed by atoms with E-state index in [1.165, 1.54) is 5.56 Å². The van der Waals surface area contributed by atoms with Gasteiger partial charge in [-0.1, -0.05) is 31.2 Å². The summed E-state index contributed by atoms with van der Waals surface area (Å²) in [5, 5.41) is 5.03. The predicted octanol–water partition coefficient (Wildman–Crippen LogP) is 1.09. The molecule has 1 atom stereocenters. The molecule has 4 N–H and O–H groups in total. The minimum absolute atomic E-state index is 0.0366. The monoisotopic (exact) mass is 249 g/mol. The molecule has 0 aromatic heterocycles. The van der Waals surface area contributed by atoms with E-state index >= 15 is 0 Å². The third kappa shape index (κ3) is 4.55. The van der Waals surface area contributed by atoms with Crippen LogP contribution in [0, 0.1) is 0 Å². The Balaban J connectivity index is 2.46. The Hall–Kier alpha value is -1.88. The van der Waals surface area contributed by atoms with Crippen molar-refractivity contribution in [2.24, 2.45) is 5.73 Å². The second-order valence-corrected chi connectivity index (χ2v) is 4.11. The lowest BCUT2D eigenvalue weighted by molar-refractivity contribution is -0.119. The van der Waals surface area contributed by atoms with E-state index in [-0.39, 0.29) is 12.6 Å². The van der Waals surface area contributed by atoms with Gasteiger partial charge in [0, 0.05) is 6.04 Å². The first-order valence-corrected chi connectivity index (χ1v) is 5.94. The van der Waals surface area contributed by atoms with Crippen molar-refractivity contribution in [2.75, 3.05) is 6.54 Å². The fourth-order valence-electron chi connectivity index (χ4n) is 1.59. The second-order valence-electron chi connectivity index (χ2n) is 4.11. The van der Waals surface area contributed by atoms with Crippen LogP contribution < -0.4 is 16.4 Å². The molecule has 1 aromatic carbocycles. The van der Waals surface area contributed by atoms with E-state index in [0.717, 1.165) is 12.0 Å². The molecular weight excluding hydrogens is 230 g/mol. The van der Waals surface area contributed by atoms with Gasteiger partial charge in [-0.2, -0.15) is 0 Å². The second kappa shape index (κ2) is 6.76. The lowest BCUT2D eigenvalue weighted by Crippen LogP contribution is -2.41. The number of imide groups is 1. The third-order valence-corrected chi connectivity index (χ3v) is 2.72. The molecule has 1 rings (SSSR count). The maximum absolute atomic E-state index is 11.2. The van der Waals surface area contributed by atoms with Gasteiger partial charge < -0.3 is 11.1 Å². The van der Waals surface area contributed by atoms with Crippen molar-refractivity contribution in [1.82, 2.24) is 10.6 Å². The fourth-order valence-corrected chi connectivity index (χ4v) is 1.59. The molecule has 0 aliphatic rings. The Morgan fingerprint density at radius 3 is 2.39 bits per heavy atom. The van der Waals surface area contributed by atoms with Gasteiger partial charge in [0.15, 0.2) is 0 Å². The molecule has 3 amide bonds. The molecule has 1 unspecified atom stereocenters. The molecule has 5 heteroatoms. The SMILES string of the molecule is CCc1ccc(C(C)NCC(=O)NC(N)=O)cc1. The van der Waals surface area contributed by atoms with Crippen molar-refractivity contribution >= 4 is 11.9 Å². The van der Waals surface area contributed by atoms with Crippen LogP contribution in [0.5, 0.6) is 0 Å². The first-order valence-electron chi connectivity index (χ1n) is 5.94. The Kier molecular flexibility index (Phi) is 5.32. The van der Waals surface area contributed by atoms with Crippen LogP contribution in [0.25, 0.3) is 0 Å². The van der Waals surface area contributed by atoms with E-state index in [1.807, 2.05) is 24.4 Å². The molecule has 0 fully saturated rings. The molecule has 0 heterocycles. The molecule has 5 nitrogen and oxygen atoms in total. The highest BCUT2D eigenvalue weighted by atomic mass is 16.2. The maximum Gasteiger partial charge on any atom is 0.318 e. The number of aryl methyl sites for hydroxylation is 1. The van der Waals surface area contributed by atoms with E-state index in [9.17, 15) is 9.59 Å². The number of carbonyl (C=O) groups excluding carboxylic acids is 2. The lowest BCUT2D eigenvalue weighted by Gasteiger charge is -2.14. The number of carbonyl (C=O) groups is 2. The van der Waals surface area contributed by atoms with Gasteiger partial charge >= 0.3 is 6.03 Å². The molecule has 0 radical (unpaired) electrons. The number of nitrogens with one attached hydrogen (secondary N) is 2. The predicted molar refractivity (Wildman–Crippen MR) is 70.0 cm³/mol. The van der Waals surface area contributed by atoms with E-state index in [1.54, 1.807) is 0 Å². The van der Waals surface area contributed by atoms with Gasteiger partial charge in [-0.15, -0.1) is 0 Å². The summed E-state index contributed by atoms with van der Waals surface area (Å²) in [4.78, 5) is 21.7. The average Bonchev–Trinajstić information content (AvgIpc) is 2.35. The summed E-state index contributed by atoms with van der Waals surface area (Å²) in [6.45, 7) is 4.11. The number of amides is 3. The Morgan fingerprint density at radius 2 is 1.89 bits per heavy atom. The number of nitrogens with two attached hydrogens (primary N) is 1. The topological polar surface area (TPSA) is 84.2 Å². The molecular formula is C13H19N3O2. The summed E-state index contributed by atoms with van der Waals surface area (Å²) in [5.74, 6) is -0.431. The van der Waals surface area contributed by atoms with Crippen LogP contribution in [-0.4, -0.2) is 18.5 Å². The molecule has 0 spiro atoms. The summed E-state index contributed by atoms with van der Waals surface area (Å²) in [6, 6.07) is 7.40. The largest absolute Gasteiger partial charge is 0.351 e. The van der Waals surface area contributed by atoms with E-state index in [2.05, 4.69) is 24.4 Å². The van der Waals surface area contributed by atoms with Gasteiger partial charge in [0.25, 0.3) is 0 Å². The van der Waals surface area contributed by atoms with Crippen molar-refractivity contribution in [1.29, 1.82) is 0 Å². The van der Waals surface area contributed by atoms with E-state index in [0.29, 0.717) is 0 Å². The molecule has 0 bridgehead atoms. The highest BCUT2D eigenvalue weighted by Crippen LogP contribution is 2.13. The van der Waals surface area contributed by atoms with Crippen molar-refractivity contribution < 1.29 is 9.59 Å². The number of hydrogen-bond acceptors (Lipinski definition) is 3. The summed E-state index contributed by atoms with van der Waals surface area (Å²) in [5.41, 5.74) is 7.22. The Bertz CT molecular complexity index is 415. The van der Waals surface area contributed by atoms with Crippen LogP contribution in [0.4, 0.5) is 4.79 Å². The maximum atomic E-state index is 11.2. The molecule has 98 valence electrons. The molecule has 0 aliphatic carbocycles. The zero-order chi connectivity index (χ0) is 13.5. The Labute approximate surface area is 107 Å². The van der Waals surface area contributed by atoms with Gasteiger partial charge in [0.05, 0.1) is 6.54 Å². The highest BCUT2D eigenvalue weighted by Gasteiger charge is 2.08. The van der Waals surface area contributed by atoms with Crippen molar-refractivity contribution in [3.63, 3.8) is 0 Å². The van der Waals surface area contributed by atoms with Gasteiger partial charge in [-0.25, -0.2) is 4.79 Å². The normalized spacial score (nSPS) is 11.9. The van der Waals surface area contributed by atoms with Crippen molar-refractivity contribution in [3.05, 3.63) is 35.4 Å². The summed E-state index contributed by atoms with van der Waals surface area (Å²) >= 11 is 0.